The lowest BCUT2D eigenvalue weighted by Crippen LogP contribution is -2.15. The fourth-order valence-corrected chi connectivity index (χ4v) is 1.29. The van der Waals surface area contributed by atoms with Gasteiger partial charge in [-0.1, -0.05) is 26.0 Å². The zero-order valence-corrected chi connectivity index (χ0v) is 10.6. The maximum atomic E-state index is 5.50. The standard InChI is InChI=1S/C13H20N4/c1-4-5-6-7-17-10-13(8-15-11(2)14)9-16-12(17)3/h6-7,9-10H,3-5,8H2,1-2H3,(H2,14,15)/b7-6-. The second-order valence-corrected chi connectivity index (χ2v) is 3.92. The molecule has 17 heavy (non-hydrogen) atoms. The van der Waals surface area contributed by atoms with Gasteiger partial charge in [-0.2, -0.15) is 0 Å². The number of amidine groups is 1. The average Bonchev–Trinajstić information content (AvgIpc) is 2.30. The molecule has 1 rings (SSSR count). The van der Waals surface area contributed by atoms with Crippen LogP contribution in [0, 0.1) is 0 Å². The van der Waals surface area contributed by atoms with Crippen LogP contribution in [0.2, 0.25) is 0 Å². The highest BCUT2D eigenvalue weighted by Gasteiger charge is 2.06. The summed E-state index contributed by atoms with van der Waals surface area (Å²) in [7, 11) is 0. The zero-order valence-electron chi connectivity index (χ0n) is 10.6. The normalized spacial score (nSPS) is 16.8. The molecule has 0 spiro atoms. The molecule has 0 aromatic carbocycles. The van der Waals surface area contributed by atoms with Gasteiger partial charge in [0.25, 0.3) is 0 Å². The summed E-state index contributed by atoms with van der Waals surface area (Å²) in [6, 6.07) is 0. The van der Waals surface area contributed by atoms with E-state index in [1.165, 1.54) is 0 Å². The lowest BCUT2D eigenvalue weighted by Gasteiger charge is -2.19. The molecule has 0 atom stereocenters. The van der Waals surface area contributed by atoms with E-state index in [-0.39, 0.29) is 0 Å². The number of hydrogen-bond donors (Lipinski definition) is 1. The van der Waals surface area contributed by atoms with Gasteiger partial charge < -0.3 is 10.6 Å². The number of nitrogens with zero attached hydrogens (tertiary/aromatic N) is 3. The van der Waals surface area contributed by atoms with Gasteiger partial charge in [-0.3, -0.25) is 4.99 Å². The Hall–Kier alpha value is -1.84. The Morgan fingerprint density at radius 2 is 2.41 bits per heavy atom. The average molecular weight is 232 g/mol. The van der Waals surface area contributed by atoms with E-state index < -0.39 is 0 Å². The van der Waals surface area contributed by atoms with E-state index in [4.69, 9.17) is 5.73 Å². The Balaban J connectivity index is 2.67. The lowest BCUT2D eigenvalue weighted by atomic mass is 10.2. The fourth-order valence-electron chi connectivity index (χ4n) is 1.29. The first-order valence-corrected chi connectivity index (χ1v) is 5.78. The fraction of sp³-hybridized carbons (Fsp3) is 0.385. The first-order valence-electron chi connectivity index (χ1n) is 5.78. The molecule has 1 heterocycles. The minimum absolute atomic E-state index is 0.553. The summed E-state index contributed by atoms with van der Waals surface area (Å²) in [5, 5.41) is 0. The van der Waals surface area contributed by atoms with Gasteiger partial charge in [0.15, 0.2) is 0 Å². The van der Waals surface area contributed by atoms with Gasteiger partial charge in [0.2, 0.25) is 0 Å². The van der Waals surface area contributed by atoms with Crippen molar-refractivity contribution in [1.29, 1.82) is 0 Å². The van der Waals surface area contributed by atoms with Crippen molar-refractivity contribution in [3.8, 4) is 0 Å². The van der Waals surface area contributed by atoms with Gasteiger partial charge >= 0.3 is 0 Å². The summed E-state index contributed by atoms with van der Waals surface area (Å²) >= 11 is 0. The van der Waals surface area contributed by atoms with Crippen LogP contribution in [0.5, 0.6) is 0 Å². The number of nitrogens with two attached hydrogens (primary N) is 1. The minimum Gasteiger partial charge on any atom is -0.388 e. The van der Waals surface area contributed by atoms with Crippen LogP contribution in [0.25, 0.3) is 0 Å². The summed E-state index contributed by atoms with van der Waals surface area (Å²) in [5.41, 5.74) is 6.52. The molecule has 0 aromatic heterocycles. The maximum absolute atomic E-state index is 5.50. The molecule has 0 amide bonds. The third-order valence-electron chi connectivity index (χ3n) is 2.21. The van der Waals surface area contributed by atoms with Gasteiger partial charge in [-0.15, -0.1) is 0 Å². The third kappa shape index (κ3) is 4.68. The molecule has 0 saturated carbocycles. The number of aliphatic imine (C=N–C) groups is 2. The molecule has 0 saturated heterocycles. The van der Waals surface area contributed by atoms with E-state index in [9.17, 15) is 0 Å². The van der Waals surface area contributed by atoms with Crippen LogP contribution in [0.1, 0.15) is 26.7 Å². The smallest absolute Gasteiger partial charge is 0.129 e. The highest BCUT2D eigenvalue weighted by Crippen LogP contribution is 2.13. The number of rotatable bonds is 5. The topological polar surface area (TPSA) is 54.0 Å². The molecule has 0 fully saturated rings. The molecule has 0 aromatic rings. The predicted molar refractivity (Wildman–Crippen MR) is 73.8 cm³/mol. The Labute approximate surface area is 103 Å². The zero-order chi connectivity index (χ0) is 12.7. The summed E-state index contributed by atoms with van der Waals surface area (Å²) in [5.74, 6) is 1.30. The van der Waals surface area contributed by atoms with E-state index >= 15 is 0 Å². The first kappa shape index (κ1) is 13.2. The Morgan fingerprint density at radius 3 is 3.06 bits per heavy atom. The van der Waals surface area contributed by atoms with Gasteiger partial charge in [0.1, 0.15) is 5.82 Å². The van der Waals surface area contributed by atoms with Crippen molar-refractivity contribution >= 4 is 12.1 Å². The Kier molecular flexibility index (Phi) is 5.20. The van der Waals surface area contributed by atoms with Gasteiger partial charge in [0.05, 0.1) is 12.4 Å². The molecular weight excluding hydrogens is 212 g/mol. The largest absolute Gasteiger partial charge is 0.388 e. The molecule has 0 aliphatic carbocycles. The second kappa shape index (κ2) is 6.68. The highest BCUT2D eigenvalue weighted by molar-refractivity contribution is 5.83. The second-order valence-electron chi connectivity index (χ2n) is 3.92. The molecule has 1 aliphatic rings. The van der Waals surface area contributed by atoms with Crippen LogP contribution < -0.4 is 5.73 Å². The van der Waals surface area contributed by atoms with E-state index in [2.05, 4.69) is 29.6 Å². The molecular formula is C13H20N4. The van der Waals surface area contributed by atoms with Crippen molar-refractivity contribution in [2.75, 3.05) is 6.54 Å². The van der Waals surface area contributed by atoms with E-state index in [1.807, 2.05) is 17.3 Å². The summed E-state index contributed by atoms with van der Waals surface area (Å²) in [4.78, 5) is 10.3. The maximum Gasteiger partial charge on any atom is 0.129 e. The van der Waals surface area contributed by atoms with Crippen molar-refractivity contribution in [1.82, 2.24) is 4.90 Å². The number of unbranched alkanes of at least 4 members (excludes halogenated alkanes) is 1. The number of hydrogen-bond acceptors (Lipinski definition) is 3. The molecule has 4 heteroatoms. The molecule has 0 unspecified atom stereocenters. The Morgan fingerprint density at radius 1 is 1.65 bits per heavy atom. The van der Waals surface area contributed by atoms with Gasteiger partial charge in [-0.25, -0.2) is 4.99 Å². The quantitative estimate of drug-likeness (QED) is 0.584. The number of allylic oxidation sites excluding steroid dienone is 1. The molecule has 0 radical (unpaired) electrons. The molecule has 0 bridgehead atoms. The predicted octanol–water partition coefficient (Wildman–Crippen LogP) is 2.42. The van der Waals surface area contributed by atoms with E-state index in [0.29, 0.717) is 12.4 Å². The third-order valence-corrected chi connectivity index (χ3v) is 2.21. The van der Waals surface area contributed by atoms with Crippen LogP contribution in [0.15, 0.2) is 46.4 Å². The van der Waals surface area contributed by atoms with Crippen molar-refractivity contribution < 1.29 is 0 Å². The van der Waals surface area contributed by atoms with Crippen LogP contribution >= 0.6 is 0 Å². The van der Waals surface area contributed by atoms with Crippen LogP contribution in [0.3, 0.4) is 0 Å². The summed E-state index contributed by atoms with van der Waals surface area (Å²) < 4.78 is 0. The van der Waals surface area contributed by atoms with Crippen LogP contribution in [0.4, 0.5) is 0 Å². The Bertz CT molecular complexity index is 384. The summed E-state index contributed by atoms with van der Waals surface area (Å²) in [6.45, 7) is 8.35. The van der Waals surface area contributed by atoms with Crippen LogP contribution in [-0.4, -0.2) is 23.5 Å². The van der Waals surface area contributed by atoms with Crippen molar-refractivity contribution in [2.24, 2.45) is 15.7 Å². The van der Waals surface area contributed by atoms with E-state index in [1.54, 1.807) is 13.1 Å². The molecule has 92 valence electrons. The van der Waals surface area contributed by atoms with Gasteiger partial charge in [-0.05, 0) is 13.3 Å². The lowest BCUT2D eigenvalue weighted by molar-refractivity contribution is 0.609. The first-order chi connectivity index (χ1) is 8.13. The van der Waals surface area contributed by atoms with E-state index in [0.717, 1.165) is 24.2 Å². The molecule has 4 nitrogen and oxygen atoms in total. The summed E-state index contributed by atoms with van der Waals surface area (Å²) in [6.07, 6.45) is 10.0. The minimum atomic E-state index is 0.553. The SMILES string of the molecule is C=C1N=CC(CN=C(C)N)=CN1/C=C\CCC. The highest BCUT2D eigenvalue weighted by atomic mass is 15.2. The monoisotopic (exact) mass is 232 g/mol. The van der Waals surface area contributed by atoms with Gasteiger partial charge in [0, 0.05) is 24.2 Å². The van der Waals surface area contributed by atoms with Crippen molar-refractivity contribution in [3.63, 3.8) is 0 Å². The van der Waals surface area contributed by atoms with Crippen LogP contribution in [-0.2, 0) is 0 Å². The van der Waals surface area contributed by atoms with Crippen molar-refractivity contribution in [2.45, 2.75) is 26.7 Å². The van der Waals surface area contributed by atoms with Crippen molar-refractivity contribution in [3.05, 3.63) is 36.4 Å². The molecule has 2 N–H and O–H groups in total. The molecule has 1 aliphatic heterocycles.